The summed E-state index contributed by atoms with van der Waals surface area (Å²) in [5.74, 6) is -0.319. The third-order valence-corrected chi connectivity index (χ3v) is 4.81. The SMILES string of the molecule is CCOC(=O)C1=C(c2ccccc2)NC(=O)NC1c1cc(OC(C)C)c(OC)cc1[N+](=O)[O-]. The first-order valence-corrected chi connectivity index (χ1v) is 10.3. The predicted molar refractivity (Wildman–Crippen MR) is 120 cm³/mol. The largest absolute Gasteiger partial charge is 0.493 e. The minimum atomic E-state index is -1.17. The van der Waals surface area contributed by atoms with Crippen molar-refractivity contribution in [1.82, 2.24) is 10.6 Å². The van der Waals surface area contributed by atoms with Gasteiger partial charge < -0.3 is 24.8 Å². The van der Waals surface area contributed by atoms with E-state index in [1.807, 2.05) is 0 Å². The van der Waals surface area contributed by atoms with Gasteiger partial charge in [0.15, 0.2) is 11.5 Å². The molecule has 33 heavy (non-hydrogen) atoms. The Balaban J connectivity index is 2.30. The lowest BCUT2D eigenvalue weighted by Gasteiger charge is -2.29. The molecule has 10 nitrogen and oxygen atoms in total. The van der Waals surface area contributed by atoms with Crippen molar-refractivity contribution in [3.63, 3.8) is 0 Å². The quantitative estimate of drug-likeness (QED) is 0.353. The zero-order valence-corrected chi connectivity index (χ0v) is 18.7. The molecule has 0 radical (unpaired) electrons. The lowest BCUT2D eigenvalue weighted by molar-refractivity contribution is -0.385. The Labute approximate surface area is 190 Å². The molecular formula is C23H25N3O7. The van der Waals surface area contributed by atoms with Crippen LogP contribution in [0.3, 0.4) is 0 Å². The average molecular weight is 455 g/mol. The van der Waals surface area contributed by atoms with Crippen molar-refractivity contribution >= 4 is 23.4 Å². The molecule has 1 unspecified atom stereocenters. The number of carbonyl (C=O) groups excluding carboxylic acids is 2. The molecular weight excluding hydrogens is 430 g/mol. The van der Waals surface area contributed by atoms with Crippen molar-refractivity contribution in [3.05, 3.63) is 69.3 Å². The van der Waals surface area contributed by atoms with E-state index >= 15 is 0 Å². The fourth-order valence-electron chi connectivity index (χ4n) is 3.52. The van der Waals surface area contributed by atoms with Gasteiger partial charge in [-0.05, 0) is 32.4 Å². The van der Waals surface area contributed by atoms with Gasteiger partial charge >= 0.3 is 12.0 Å². The van der Waals surface area contributed by atoms with E-state index in [0.29, 0.717) is 5.56 Å². The number of hydrogen-bond donors (Lipinski definition) is 2. The fraction of sp³-hybridized carbons (Fsp3) is 0.304. The summed E-state index contributed by atoms with van der Waals surface area (Å²) in [6.45, 7) is 5.32. The van der Waals surface area contributed by atoms with Crippen molar-refractivity contribution in [1.29, 1.82) is 0 Å². The van der Waals surface area contributed by atoms with E-state index in [-0.39, 0.29) is 46.7 Å². The number of ether oxygens (including phenoxy) is 3. The summed E-state index contributed by atoms with van der Waals surface area (Å²) in [7, 11) is 1.37. The summed E-state index contributed by atoms with van der Waals surface area (Å²) >= 11 is 0. The second-order valence-corrected chi connectivity index (χ2v) is 7.39. The third kappa shape index (κ3) is 5.05. The highest BCUT2D eigenvalue weighted by atomic mass is 16.6. The molecule has 0 fully saturated rings. The van der Waals surface area contributed by atoms with Crippen molar-refractivity contribution in [3.8, 4) is 11.5 Å². The Hall–Kier alpha value is -4.08. The molecule has 0 saturated heterocycles. The Bertz CT molecular complexity index is 1100. The number of carbonyl (C=O) groups is 2. The Morgan fingerprint density at radius 3 is 2.45 bits per heavy atom. The van der Waals surface area contributed by atoms with Crippen LogP contribution in [0.5, 0.6) is 11.5 Å². The highest BCUT2D eigenvalue weighted by molar-refractivity contribution is 6.04. The minimum absolute atomic E-state index is 0.0337. The van der Waals surface area contributed by atoms with E-state index < -0.39 is 23.0 Å². The van der Waals surface area contributed by atoms with Crippen LogP contribution in [0.1, 0.15) is 37.9 Å². The first-order chi connectivity index (χ1) is 15.8. The van der Waals surface area contributed by atoms with Gasteiger partial charge in [-0.1, -0.05) is 30.3 Å². The summed E-state index contributed by atoms with van der Waals surface area (Å²) in [4.78, 5) is 37.0. The van der Waals surface area contributed by atoms with E-state index in [1.165, 1.54) is 19.2 Å². The van der Waals surface area contributed by atoms with Gasteiger partial charge in [0.25, 0.3) is 5.69 Å². The van der Waals surface area contributed by atoms with Gasteiger partial charge in [0.2, 0.25) is 0 Å². The number of nitro benzene ring substituents is 1. The van der Waals surface area contributed by atoms with Gasteiger partial charge in [0, 0.05) is 0 Å². The Kier molecular flexibility index (Phi) is 7.17. The molecule has 0 spiro atoms. The maximum absolute atomic E-state index is 13.0. The summed E-state index contributed by atoms with van der Waals surface area (Å²) in [6.07, 6.45) is -0.254. The summed E-state index contributed by atoms with van der Waals surface area (Å²) < 4.78 is 16.3. The van der Waals surface area contributed by atoms with Crippen LogP contribution in [0.4, 0.5) is 10.5 Å². The van der Waals surface area contributed by atoms with Crippen LogP contribution < -0.4 is 20.1 Å². The van der Waals surface area contributed by atoms with Crippen LogP contribution >= 0.6 is 0 Å². The molecule has 1 aliphatic rings. The zero-order chi connectivity index (χ0) is 24.1. The van der Waals surface area contributed by atoms with Crippen molar-refractivity contribution < 1.29 is 28.7 Å². The number of nitro groups is 1. The second kappa shape index (κ2) is 10.0. The first kappa shape index (κ1) is 23.6. The number of nitrogens with one attached hydrogen (secondary N) is 2. The van der Waals surface area contributed by atoms with Gasteiger partial charge in [0.1, 0.15) is 0 Å². The zero-order valence-electron chi connectivity index (χ0n) is 18.7. The van der Waals surface area contributed by atoms with Gasteiger partial charge in [-0.15, -0.1) is 0 Å². The van der Waals surface area contributed by atoms with Gasteiger partial charge in [0.05, 0.1) is 53.7 Å². The second-order valence-electron chi connectivity index (χ2n) is 7.39. The van der Waals surface area contributed by atoms with Crippen LogP contribution in [-0.4, -0.2) is 36.7 Å². The molecule has 0 saturated carbocycles. The van der Waals surface area contributed by atoms with E-state index in [0.717, 1.165) is 0 Å². The highest BCUT2D eigenvalue weighted by Gasteiger charge is 2.38. The lowest BCUT2D eigenvalue weighted by atomic mass is 9.91. The number of hydrogen-bond acceptors (Lipinski definition) is 7. The van der Waals surface area contributed by atoms with E-state index in [2.05, 4.69) is 10.6 Å². The molecule has 0 aromatic heterocycles. The van der Waals surface area contributed by atoms with Crippen LogP contribution in [0.15, 0.2) is 48.0 Å². The van der Waals surface area contributed by atoms with Crippen LogP contribution in [0.2, 0.25) is 0 Å². The number of esters is 1. The summed E-state index contributed by atoms with van der Waals surface area (Å²) in [5, 5.41) is 17.2. The number of amides is 2. The number of urea groups is 1. The van der Waals surface area contributed by atoms with Gasteiger partial charge in [-0.2, -0.15) is 0 Å². The van der Waals surface area contributed by atoms with Gasteiger partial charge in [-0.25, -0.2) is 9.59 Å². The number of rotatable bonds is 8. The molecule has 3 rings (SSSR count). The van der Waals surface area contributed by atoms with Crippen LogP contribution in [0.25, 0.3) is 5.70 Å². The number of nitrogens with zero attached hydrogens (tertiary/aromatic N) is 1. The average Bonchev–Trinajstić information content (AvgIpc) is 2.78. The highest BCUT2D eigenvalue weighted by Crippen LogP contribution is 2.42. The molecule has 10 heteroatoms. The smallest absolute Gasteiger partial charge is 0.338 e. The molecule has 2 amide bonds. The molecule has 0 aliphatic carbocycles. The monoisotopic (exact) mass is 455 g/mol. The lowest BCUT2D eigenvalue weighted by Crippen LogP contribution is -2.45. The van der Waals surface area contributed by atoms with Crippen LogP contribution in [0, 0.1) is 10.1 Å². The maximum Gasteiger partial charge on any atom is 0.338 e. The maximum atomic E-state index is 13.0. The predicted octanol–water partition coefficient (Wildman–Crippen LogP) is 3.72. The van der Waals surface area contributed by atoms with Crippen molar-refractivity contribution in [2.75, 3.05) is 13.7 Å². The topological polar surface area (TPSA) is 129 Å². The molecule has 1 aliphatic heterocycles. The van der Waals surface area contributed by atoms with E-state index in [9.17, 15) is 19.7 Å². The molecule has 1 heterocycles. The van der Waals surface area contributed by atoms with Crippen molar-refractivity contribution in [2.45, 2.75) is 32.9 Å². The van der Waals surface area contributed by atoms with Crippen LogP contribution in [-0.2, 0) is 9.53 Å². The Morgan fingerprint density at radius 1 is 1.18 bits per heavy atom. The van der Waals surface area contributed by atoms with Crippen molar-refractivity contribution in [2.24, 2.45) is 0 Å². The summed E-state index contributed by atoms with van der Waals surface area (Å²) in [6, 6.07) is 9.55. The standard InChI is InChI=1S/C23H25N3O7/c1-5-32-22(27)19-20(14-9-7-6-8-10-14)24-23(28)25-21(19)15-11-18(33-13(2)3)17(31-4)12-16(15)26(29)30/h6-13,21H,5H2,1-4H3,(H2,24,25,28). The number of benzene rings is 2. The molecule has 2 N–H and O–H groups in total. The normalized spacial score (nSPS) is 15.5. The third-order valence-electron chi connectivity index (χ3n) is 4.81. The summed E-state index contributed by atoms with van der Waals surface area (Å²) in [5.41, 5.74) is 0.507. The van der Waals surface area contributed by atoms with E-state index in [1.54, 1.807) is 51.1 Å². The minimum Gasteiger partial charge on any atom is -0.493 e. The Morgan fingerprint density at radius 2 is 1.88 bits per heavy atom. The van der Waals surface area contributed by atoms with Gasteiger partial charge in [-0.3, -0.25) is 10.1 Å². The molecule has 0 bridgehead atoms. The molecule has 2 aromatic carbocycles. The first-order valence-electron chi connectivity index (χ1n) is 10.3. The molecule has 174 valence electrons. The molecule has 1 atom stereocenters. The van der Waals surface area contributed by atoms with E-state index in [4.69, 9.17) is 14.2 Å². The fourth-order valence-corrected chi connectivity index (χ4v) is 3.52. The number of methoxy groups -OCH3 is 1. The molecule has 2 aromatic rings.